The highest BCUT2D eigenvalue weighted by Crippen LogP contribution is 2.26. The Bertz CT molecular complexity index is 671. The Morgan fingerprint density at radius 1 is 1.18 bits per heavy atom. The van der Waals surface area contributed by atoms with Crippen molar-refractivity contribution in [3.8, 4) is 11.3 Å². The van der Waals surface area contributed by atoms with Crippen LogP contribution in [0, 0.1) is 5.82 Å². The zero-order valence-corrected chi connectivity index (χ0v) is 12.9. The van der Waals surface area contributed by atoms with Crippen LogP contribution in [0.25, 0.3) is 11.3 Å². The van der Waals surface area contributed by atoms with E-state index in [9.17, 15) is 9.18 Å². The summed E-state index contributed by atoms with van der Waals surface area (Å²) in [7, 11) is 0. The van der Waals surface area contributed by atoms with Crippen LogP contribution in [0.5, 0.6) is 0 Å². The Kier molecular flexibility index (Phi) is 4.27. The number of carbonyl (C=O) groups excluding carboxylic acids is 1. The van der Waals surface area contributed by atoms with Crippen LogP contribution < -0.4 is 5.01 Å². The lowest BCUT2D eigenvalue weighted by Crippen LogP contribution is -2.39. The van der Waals surface area contributed by atoms with Crippen LogP contribution in [0.1, 0.15) is 43.0 Å². The highest BCUT2D eigenvalue weighted by molar-refractivity contribution is 5.96. The topological polar surface area (TPSA) is 25.2 Å². The van der Waals surface area contributed by atoms with Crippen LogP contribution in [0.3, 0.4) is 0 Å². The van der Waals surface area contributed by atoms with Gasteiger partial charge in [0, 0.05) is 36.8 Å². The monoisotopic (exact) mass is 300 g/mol. The number of rotatable bonds is 4. The zero-order valence-electron chi connectivity index (χ0n) is 12.9. The minimum Gasteiger partial charge on any atom is -0.313 e. The molecule has 1 aliphatic rings. The summed E-state index contributed by atoms with van der Waals surface area (Å²) in [5.74, 6) is -0.367. The molecular formula is C18H21FN2O. The largest absolute Gasteiger partial charge is 0.313 e. The highest BCUT2D eigenvalue weighted by atomic mass is 19.1. The van der Waals surface area contributed by atoms with Gasteiger partial charge in [-0.3, -0.25) is 9.47 Å². The number of ketones is 1. The molecule has 116 valence electrons. The van der Waals surface area contributed by atoms with Crippen molar-refractivity contribution < 1.29 is 9.18 Å². The molecule has 0 atom stereocenters. The molecule has 0 saturated carbocycles. The van der Waals surface area contributed by atoms with E-state index >= 15 is 0 Å². The van der Waals surface area contributed by atoms with Gasteiger partial charge in [-0.1, -0.05) is 13.0 Å². The summed E-state index contributed by atoms with van der Waals surface area (Å²) in [5, 5.41) is 2.25. The second-order valence-corrected chi connectivity index (χ2v) is 5.72. The van der Waals surface area contributed by atoms with Crippen LogP contribution in [-0.4, -0.2) is 23.5 Å². The molecule has 2 heterocycles. The van der Waals surface area contributed by atoms with Crippen molar-refractivity contribution in [2.24, 2.45) is 0 Å². The molecule has 0 bridgehead atoms. The van der Waals surface area contributed by atoms with Crippen molar-refractivity contribution in [3.05, 3.63) is 47.9 Å². The summed E-state index contributed by atoms with van der Waals surface area (Å²) in [6, 6.07) is 8.66. The summed E-state index contributed by atoms with van der Waals surface area (Å²) in [6.45, 7) is 3.78. The standard InChI is InChI=1S/C18H21FN2O/c1-2-18(22)14-8-9-15(16(19)13-14)17-7-6-12-21(17)20-10-4-3-5-11-20/h6-9,12-13H,2-5,10-11H2,1H3. The van der Waals surface area contributed by atoms with Crippen molar-refractivity contribution in [3.63, 3.8) is 0 Å². The van der Waals surface area contributed by atoms with Crippen molar-refractivity contribution >= 4 is 5.78 Å². The Hall–Kier alpha value is -2.10. The fraction of sp³-hybridized carbons (Fsp3) is 0.389. The first-order chi connectivity index (χ1) is 10.7. The van der Waals surface area contributed by atoms with Crippen molar-refractivity contribution in [1.82, 2.24) is 4.68 Å². The average molecular weight is 300 g/mol. The second kappa shape index (κ2) is 6.34. The third-order valence-electron chi connectivity index (χ3n) is 4.25. The molecule has 1 aromatic carbocycles. The molecule has 0 spiro atoms. The minimum atomic E-state index is -0.337. The number of hydrogen-bond acceptors (Lipinski definition) is 2. The van der Waals surface area contributed by atoms with E-state index in [-0.39, 0.29) is 11.6 Å². The van der Waals surface area contributed by atoms with E-state index in [0.717, 1.165) is 18.8 Å². The lowest BCUT2D eigenvalue weighted by molar-refractivity contribution is 0.0987. The van der Waals surface area contributed by atoms with E-state index < -0.39 is 0 Å². The van der Waals surface area contributed by atoms with Gasteiger partial charge in [0.05, 0.1) is 5.69 Å². The summed E-state index contributed by atoms with van der Waals surface area (Å²) < 4.78 is 16.5. The molecule has 1 fully saturated rings. The Labute approximate surface area is 130 Å². The number of carbonyl (C=O) groups is 1. The van der Waals surface area contributed by atoms with Gasteiger partial charge in [-0.25, -0.2) is 4.39 Å². The molecule has 4 heteroatoms. The Morgan fingerprint density at radius 2 is 1.95 bits per heavy atom. The Balaban J connectivity index is 1.95. The summed E-state index contributed by atoms with van der Waals surface area (Å²) in [6.07, 6.45) is 5.97. The SMILES string of the molecule is CCC(=O)c1ccc(-c2cccn2N2CCCCC2)c(F)c1. The minimum absolute atomic E-state index is 0.0307. The predicted molar refractivity (Wildman–Crippen MR) is 86.2 cm³/mol. The normalized spacial score (nSPS) is 15.1. The zero-order chi connectivity index (χ0) is 15.5. The van der Waals surface area contributed by atoms with E-state index in [1.165, 1.54) is 25.3 Å². The quantitative estimate of drug-likeness (QED) is 0.797. The second-order valence-electron chi connectivity index (χ2n) is 5.72. The number of halogens is 1. The molecule has 22 heavy (non-hydrogen) atoms. The van der Waals surface area contributed by atoms with E-state index in [2.05, 4.69) is 5.01 Å². The molecule has 0 radical (unpaired) electrons. The molecule has 0 amide bonds. The summed E-state index contributed by atoms with van der Waals surface area (Å²) in [4.78, 5) is 11.7. The molecule has 0 aliphatic carbocycles. The van der Waals surface area contributed by atoms with E-state index in [4.69, 9.17) is 0 Å². The smallest absolute Gasteiger partial charge is 0.162 e. The molecule has 3 nitrogen and oxygen atoms in total. The van der Waals surface area contributed by atoms with Gasteiger partial charge in [0.25, 0.3) is 0 Å². The number of benzene rings is 1. The van der Waals surface area contributed by atoms with Crippen LogP contribution in [-0.2, 0) is 0 Å². The molecule has 0 unspecified atom stereocenters. The molecule has 0 N–H and O–H groups in total. The lowest BCUT2D eigenvalue weighted by Gasteiger charge is -2.31. The van der Waals surface area contributed by atoms with Gasteiger partial charge in [-0.15, -0.1) is 0 Å². The van der Waals surface area contributed by atoms with Gasteiger partial charge in [0.1, 0.15) is 5.82 Å². The average Bonchev–Trinajstić information content (AvgIpc) is 3.04. The van der Waals surface area contributed by atoms with Gasteiger partial charge >= 0.3 is 0 Å². The first-order valence-corrected chi connectivity index (χ1v) is 7.96. The Morgan fingerprint density at radius 3 is 2.64 bits per heavy atom. The van der Waals surface area contributed by atoms with Crippen LogP contribution >= 0.6 is 0 Å². The number of Topliss-reactive ketones (excluding diaryl/α,β-unsaturated/α-hetero) is 1. The lowest BCUT2D eigenvalue weighted by atomic mass is 10.0. The van der Waals surface area contributed by atoms with E-state index in [1.54, 1.807) is 19.1 Å². The molecule has 1 saturated heterocycles. The maximum atomic E-state index is 14.5. The first kappa shape index (κ1) is 14.8. The molecule has 1 aliphatic heterocycles. The highest BCUT2D eigenvalue weighted by Gasteiger charge is 2.17. The van der Waals surface area contributed by atoms with Gasteiger partial charge in [0.15, 0.2) is 5.78 Å². The number of aromatic nitrogens is 1. The third-order valence-corrected chi connectivity index (χ3v) is 4.25. The summed E-state index contributed by atoms with van der Waals surface area (Å²) in [5.41, 5.74) is 1.83. The van der Waals surface area contributed by atoms with Crippen molar-refractivity contribution in [2.45, 2.75) is 32.6 Å². The number of piperidine rings is 1. The van der Waals surface area contributed by atoms with Crippen molar-refractivity contribution in [2.75, 3.05) is 18.1 Å². The maximum absolute atomic E-state index is 14.5. The van der Waals surface area contributed by atoms with Crippen LogP contribution in [0.2, 0.25) is 0 Å². The van der Waals surface area contributed by atoms with Crippen LogP contribution in [0.4, 0.5) is 4.39 Å². The van der Waals surface area contributed by atoms with Gasteiger partial charge in [0.2, 0.25) is 0 Å². The molecule has 2 aromatic rings. The van der Waals surface area contributed by atoms with Gasteiger partial charge < -0.3 is 5.01 Å². The number of hydrogen-bond donors (Lipinski definition) is 0. The van der Waals surface area contributed by atoms with Crippen LogP contribution in [0.15, 0.2) is 36.5 Å². The maximum Gasteiger partial charge on any atom is 0.162 e. The third kappa shape index (κ3) is 2.78. The fourth-order valence-electron chi connectivity index (χ4n) is 3.03. The molecular weight excluding hydrogens is 279 g/mol. The number of nitrogens with zero attached hydrogens (tertiary/aromatic N) is 2. The van der Waals surface area contributed by atoms with Gasteiger partial charge in [-0.05, 0) is 43.5 Å². The first-order valence-electron chi connectivity index (χ1n) is 7.96. The van der Waals surface area contributed by atoms with Gasteiger partial charge in [-0.2, -0.15) is 0 Å². The fourth-order valence-corrected chi connectivity index (χ4v) is 3.03. The summed E-state index contributed by atoms with van der Waals surface area (Å²) >= 11 is 0. The molecule has 3 rings (SSSR count). The van der Waals surface area contributed by atoms with Crippen molar-refractivity contribution in [1.29, 1.82) is 0 Å². The predicted octanol–water partition coefficient (Wildman–Crippen LogP) is 4.01. The van der Waals surface area contributed by atoms with E-state index in [0.29, 0.717) is 17.5 Å². The van der Waals surface area contributed by atoms with E-state index in [1.807, 2.05) is 23.0 Å². The molecule has 1 aromatic heterocycles.